The van der Waals surface area contributed by atoms with E-state index in [1.165, 1.54) is 34.3 Å². The maximum absolute atomic E-state index is 3.51. The lowest BCUT2D eigenvalue weighted by Gasteiger charge is -2.14. The molecule has 0 aliphatic heterocycles. The number of thiophene rings is 1. The molecule has 1 unspecified atom stereocenters. The highest BCUT2D eigenvalue weighted by atomic mass is 79.9. The molecule has 1 aromatic heterocycles. The summed E-state index contributed by atoms with van der Waals surface area (Å²) in [4.78, 5) is 1.47. The van der Waals surface area contributed by atoms with E-state index in [0.717, 1.165) is 6.42 Å². The molecule has 86 valence electrons. The molecule has 3 heteroatoms. The zero-order valence-electron chi connectivity index (χ0n) is 9.55. The van der Waals surface area contributed by atoms with Crippen molar-refractivity contribution in [1.29, 1.82) is 0 Å². The van der Waals surface area contributed by atoms with Crippen LogP contribution in [0.15, 0.2) is 15.9 Å². The van der Waals surface area contributed by atoms with E-state index >= 15 is 0 Å². The van der Waals surface area contributed by atoms with E-state index in [1.807, 2.05) is 11.3 Å². The highest BCUT2D eigenvalue weighted by Gasteiger charge is 2.08. The molecule has 1 N–H and O–H groups in total. The first-order valence-electron chi connectivity index (χ1n) is 5.67. The Kier molecular flexibility index (Phi) is 6.53. The average Bonchev–Trinajstić information content (AvgIpc) is 2.63. The number of hydrogen-bond acceptors (Lipinski definition) is 2. The Morgan fingerprint density at radius 2 is 2.20 bits per heavy atom. The summed E-state index contributed by atoms with van der Waals surface area (Å²) in [6, 6.07) is 5.00. The summed E-state index contributed by atoms with van der Waals surface area (Å²) in [6.45, 7) is 2.25. The van der Waals surface area contributed by atoms with Gasteiger partial charge < -0.3 is 5.32 Å². The van der Waals surface area contributed by atoms with Crippen LogP contribution < -0.4 is 5.32 Å². The molecular weight excluding hydrogens is 270 g/mol. The van der Waals surface area contributed by atoms with Crippen molar-refractivity contribution in [2.45, 2.75) is 45.1 Å². The second-order valence-electron chi connectivity index (χ2n) is 3.89. The quantitative estimate of drug-likeness (QED) is 0.741. The number of unbranched alkanes of at least 4 members (excludes halogenated alkanes) is 2. The molecule has 1 heterocycles. The molecule has 1 rings (SSSR count). The largest absolute Gasteiger partial charge is 0.317 e. The summed E-state index contributed by atoms with van der Waals surface area (Å²) in [7, 11) is 2.07. The van der Waals surface area contributed by atoms with Crippen molar-refractivity contribution in [2.24, 2.45) is 0 Å². The normalized spacial score (nSPS) is 13.0. The van der Waals surface area contributed by atoms with Crippen LogP contribution in [0.1, 0.15) is 37.5 Å². The van der Waals surface area contributed by atoms with Gasteiger partial charge in [0.2, 0.25) is 0 Å². The zero-order chi connectivity index (χ0) is 11.1. The number of rotatable bonds is 7. The minimum absolute atomic E-state index is 0.641. The average molecular weight is 290 g/mol. The van der Waals surface area contributed by atoms with Crippen LogP contribution in [0.2, 0.25) is 0 Å². The first-order chi connectivity index (χ1) is 7.26. The molecule has 0 aromatic carbocycles. The second-order valence-corrected chi connectivity index (χ2v) is 6.44. The van der Waals surface area contributed by atoms with Gasteiger partial charge in [0.1, 0.15) is 0 Å². The molecule has 1 nitrogen and oxygen atoms in total. The maximum atomic E-state index is 3.51. The van der Waals surface area contributed by atoms with Crippen LogP contribution in [-0.2, 0) is 6.42 Å². The Balaban J connectivity index is 2.33. The number of likely N-dealkylation sites (N-methyl/N-ethyl adjacent to an activating group) is 1. The van der Waals surface area contributed by atoms with Crippen molar-refractivity contribution < 1.29 is 0 Å². The van der Waals surface area contributed by atoms with Gasteiger partial charge in [0, 0.05) is 10.9 Å². The highest BCUT2D eigenvalue weighted by molar-refractivity contribution is 9.11. The van der Waals surface area contributed by atoms with Crippen LogP contribution in [0.4, 0.5) is 0 Å². The summed E-state index contributed by atoms with van der Waals surface area (Å²) in [6.07, 6.45) is 6.46. The van der Waals surface area contributed by atoms with Crippen LogP contribution in [0.5, 0.6) is 0 Å². The monoisotopic (exact) mass is 289 g/mol. The van der Waals surface area contributed by atoms with Gasteiger partial charge >= 0.3 is 0 Å². The summed E-state index contributed by atoms with van der Waals surface area (Å²) in [5.41, 5.74) is 0. The van der Waals surface area contributed by atoms with Crippen molar-refractivity contribution in [3.05, 3.63) is 20.8 Å². The van der Waals surface area contributed by atoms with E-state index in [4.69, 9.17) is 0 Å². The maximum Gasteiger partial charge on any atom is 0.0701 e. The fraction of sp³-hybridized carbons (Fsp3) is 0.667. The SMILES string of the molecule is CCCCCC(Cc1ccc(Br)s1)NC. The van der Waals surface area contributed by atoms with Crippen molar-refractivity contribution in [1.82, 2.24) is 5.32 Å². The molecule has 1 atom stereocenters. The zero-order valence-corrected chi connectivity index (χ0v) is 12.0. The lowest BCUT2D eigenvalue weighted by Crippen LogP contribution is -2.27. The smallest absolute Gasteiger partial charge is 0.0701 e. The van der Waals surface area contributed by atoms with Gasteiger partial charge in [0.15, 0.2) is 0 Å². The fourth-order valence-electron chi connectivity index (χ4n) is 1.69. The topological polar surface area (TPSA) is 12.0 Å². The van der Waals surface area contributed by atoms with Crippen LogP contribution >= 0.6 is 27.3 Å². The third kappa shape index (κ3) is 5.14. The third-order valence-corrected chi connectivity index (χ3v) is 4.29. The molecule has 0 bridgehead atoms. The van der Waals surface area contributed by atoms with Gasteiger partial charge in [-0.25, -0.2) is 0 Å². The van der Waals surface area contributed by atoms with Gasteiger partial charge in [-0.15, -0.1) is 11.3 Å². The van der Waals surface area contributed by atoms with Crippen molar-refractivity contribution in [3.63, 3.8) is 0 Å². The minimum atomic E-state index is 0.641. The van der Waals surface area contributed by atoms with E-state index < -0.39 is 0 Å². The lowest BCUT2D eigenvalue weighted by molar-refractivity contribution is 0.492. The van der Waals surface area contributed by atoms with Crippen molar-refractivity contribution in [3.8, 4) is 0 Å². The second kappa shape index (κ2) is 7.42. The Morgan fingerprint density at radius 3 is 2.73 bits per heavy atom. The molecular formula is C12H20BrNS. The van der Waals surface area contributed by atoms with Gasteiger partial charge in [-0.2, -0.15) is 0 Å². The van der Waals surface area contributed by atoms with E-state index in [-0.39, 0.29) is 0 Å². The van der Waals surface area contributed by atoms with Crippen molar-refractivity contribution >= 4 is 27.3 Å². The van der Waals surface area contributed by atoms with Gasteiger partial charge in [0.05, 0.1) is 3.79 Å². The van der Waals surface area contributed by atoms with Crippen LogP contribution in [-0.4, -0.2) is 13.1 Å². The number of hydrogen-bond donors (Lipinski definition) is 1. The molecule has 15 heavy (non-hydrogen) atoms. The summed E-state index contributed by atoms with van der Waals surface area (Å²) in [5.74, 6) is 0. The van der Waals surface area contributed by atoms with E-state index in [2.05, 4.69) is 47.4 Å². The molecule has 0 radical (unpaired) electrons. The predicted molar refractivity (Wildman–Crippen MR) is 72.7 cm³/mol. The van der Waals surface area contributed by atoms with E-state index in [9.17, 15) is 0 Å². The minimum Gasteiger partial charge on any atom is -0.317 e. The first-order valence-corrected chi connectivity index (χ1v) is 7.28. The Hall–Kier alpha value is 0.140. The number of halogens is 1. The highest BCUT2D eigenvalue weighted by Crippen LogP contribution is 2.23. The van der Waals surface area contributed by atoms with E-state index in [1.54, 1.807) is 0 Å². The molecule has 0 spiro atoms. The molecule has 0 saturated carbocycles. The van der Waals surface area contributed by atoms with Crippen LogP contribution in [0.25, 0.3) is 0 Å². The molecule has 0 aliphatic rings. The van der Waals surface area contributed by atoms with Gasteiger partial charge in [-0.1, -0.05) is 26.2 Å². The van der Waals surface area contributed by atoms with E-state index in [0.29, 0.717) is 6.04 Å². The standard InChI is InChI=1S/C12H20BrNS/c1-3-4-5-6-10(14-2)9-11-7-8-12(13)15-11/h7-8,10,14H,3-6,9H2,1-2H3. The molecule has 0 amide bonds. The van der Waals surface area contributed by atoms with Gasteiger partial charge in [-0.3, -0.25) is 0 Å². The number of nitrogens with one attached hydrogen (secondary N) is 1. The summed E-state index contributed by atoms with van der Waals surface area (Å²) in [5, 5.41) is 3.41. The molecule has 0 aliphatic carbocycles. The van der Waals surface area contributed by atoms with Crippen LogP contribution in [0.3, 0.4) is 0 Å². The molecule has 1 aromatic rings. The Labute approximate surface area is 105 Å². The third-order valence-electron chi connectivity index (χ3n) is 2.64. The first kappa shape index (κ1) is 13.2. The van der Waals surface area contributed by atoms with Crippen molar-refractivity contribution in [2.75, 3.05) is 7.05 Å². The Bertz CT molecular complexity index is 272. The summed E-state index contributed by atoms with van der Waals surface area (Å²) < 4.78 is 1.24. The van der Waals surface area contributed by atoms with Crippen LogP contribution in [0, 0.1) is 0 Å². The molecule has 0 fully saturated rings. The molecule has 0 saturated heterocycles. The summed E-state index contributed by atoms with van der Waals surface area (Å²) >= 11 is 5.35. The van der Waals surface area contributed by atoms with Gasteiger partial charge in [-0.05, 0) is 48.0 Å². The fourth-order valence-corrected chi connectivity index (χ4v) is 3.26. The van der Waals surface area contributed by atoms with Gasteiger partial charge in [0.25, 0.3) is 0 Å². The predicted octanol–water partition coefficient (Wildman–Crippen LogP) is 4.22. The lowest BCUT2D eigenvalue weighted by atomic mass is 10.1. The Morgan fingerprint density at radius 1 is 1.40 bits per heavy atom.